The van der Waals surface area contributed by atoms with Crippen LogP contribution < -0.4 is 10.6 Å². The number of morpholine rings is 1. The minimum absolute atomic E-state index is 0.0901. The standard InChI is InChI=1S/C20H31N3O2/c1-15-5-3-4-6-19(15)22-20(24)21-18-9-7-17(8-10-18)16(2)23-11-13-25-14-12-23/h7-10,15-16,19H,3-6,11-14H2,1-2H3,(H2,21,22,24). The highest BCUT2D eigenvalue weighted by atomic mass is 16.5. The van der Waals surface area contributed by atoms with Crippen LogP contribution in [-0.4, -0.2) is 43.3 Å². The largest absolute Gasteiger partial charge is 0.379 e. The van der Waals surface area contributed by atoms with Crippen LogP contribution in [0.4, 0.5) is 10.5 Å². The van der Waals surface area contributed by atoms with Crippen LogP contribution in [0.15, 0.2) is 24.3 Å². The topological polar surface area (TPSA) is 53.6 Å². The molecule has 0 spiro atoms. The normalized spacial score (nSPS) is 26.0. The van der Waals surface area contributed by atoms with Gasteiger partial charge in [0.15, 0.2) is 0 Å². The SMILES string of the molecule is CC1CCCCC1NC(=O)Nc1ccc(C(C)N2CCOCC2)cc1. The first kappa shape index (κ1) is 18.2. The second-order valence-electron chi connectivity index (χ2n) is 7.41. The molecule has 2 amide bonds. The zero-order valence-corrected chi connectivity index (χ0v) is 15.5. The molecule has 0 bridgehead atoms. The van der Waals surface area contributed by atoms with Crippen molar-refractivity contribution in [1.82, 2.24) is 10.2 Å². The fourth-order valence-electron chi connectivity index (χ4n) is 3.89. The number of carbonyl (C=O) groups excluding carboxylic acids is 1. The molecule has 1 aliphatic heterocycles. The van der Waals surface area contributed by atoms with Crippen molar-refractivity contribution < 1.29 is 9.53 Å². The van der Waals surface area contributed by atoms with E-state index in [1.807, 2.05) is 12.1 Å². The first-order valence-corrected chi connectivity index (χ1v) is 9.63. The zero-order chi connectivity index (χ0) is 17.6. The molecule has 138 valence electrons. The zero-order valence-electron chi connectivity index (χ0n) is 15.5. The summed E-state index contributed by atoms with van der Waals surface area (Å²) in [6, 6.07) is 8.79. The lowest BCUT2D eigenvalue weighted by atomic mass is 9.86. The van der Waals surface area contributed by atoms with E-state index in [-0.39, 0.29) is 6.03 Å². The molecule has 25 heavy (non-hydrogen) atoms. The molecule has 3 atom stereocenters. The van der Waals surface area contributed by atoms with Crippen LogP contribution in [0.2, 0.25) is 0 Å². The predicted octanol–water partition coefficient (Wildman–Crippen LogP) is 3.78. The maximum absolute atomic E-state index is 12.2. The predicted molar refractivity (Wildman–Crippen MR) is 101 cm³/mol. The Hall–Kier alpha value is -1.59. The monoisotopic (exact) mass is 345 g/mol. The van der Waals surface area contributed by atoms with Crippen LogP contribution in [-0.2, 0) is 4.74 Å². The van der Waals surface area contributed by atoms with E-state index in [9.17, 15) is 4.79 Å². The summed E-state index contributed by atoms with van der Waals surface area (Å²) in [6.07, 6.45) is 4.79. The van der Waals surface area contributed by atoms with Gasteiger partial charge in [0.25, 0.3) is 0 Å². The van der Waals surface area contributed by atoms with E-state index >= 15 is 0 Å². The van der Waals surface area contributed by atoms with E-state index in [1.54, 1.807) is 0 Å². The number of rotatable bonds is 4. The van der Waals surface area contributed by atoms with Crippen LogP contribution in [0.1, 0.15) is 51.1 Å². The van der Waals surface area contributed by atoms with E-state index in [0.717, 1.165) is 38.4 Å². The van der Waals surface area contributed by atoms with Gasteiger partial charge in [-0.2, -0.15) is 0 Å². The molecule has 1 aromatic rings. The van der Waals surface area contributed by atoms with Gasteiger partial charge in [-0.1, -0.05) is 31.9 Å². The number of nitrogens with one attached hydrogen (secondary N) is 2. The molecule has 0 aromatic heterocycles. The van der Waals surface area contributed by atoms with Crippen molar-refractivity contribution in [3.05, 3.63) is 29.8 Å². The lowest BCUT2D eigenvalue weighted by molar-refractivity contribution is 0.0198. The van der Waals surface area contributed by atoms with Crippen molar-refractivity contribution in [3.63, 3.8) is 0 Å². The first-order chi connectivity index (χ1) is 12.1. The lowest BCUT2D eigenvalue weighted by Crippen LogP contribution is -2.43. The van der Waals surface area contributed by atoms with E-state index in [0.29, 0.717) is 18.0 Å². The molecule has 3 rings (SSSR count). The molecule has 1 saturated heterocycles. The Labute approximate surface area is 151 Å². The van der Waals surface area contributed by atoms with Crippen molar-refractivity contribution in [1.29, 1.82) is 0 Å². The van der Waals surface area contributed by atoms with Gasteiger partial charge in [-0.25, -0.2) is 4.79 Å². The first-order valence-electron chi connectivity index (χ1n) is 9.63. The number of ether oxygens (including phenoxy) is 1. The van der Waals surface area contributed by atoms with Gasteiger partial charge in [-0.3, -0.25) is 4.90 Å². The minimum Gasteiger partial charge on any atom is -0.379 e. The van der Waals surface area contributed by atoms with E-state index < -0.39 is 0 Å². The van der Waals surface area contributed by atoms with Crippen LogP contribution in [0.25, 0.3) is 0 Å². The highest BCUT2D eigenvalue weighted by Crippen LogP contribution is 2.24. The number of urea groups is 1. The molecular weight excluding hydrogens is 314 g/mol. The van der Waals surface area contributed by atoms with Crippen molar-refractivity contribution in [2.75, 3.05) is 31.6 Å². The summed E-state index contributed by atoms with van der Waals surface area (Å²) in [6.45, 7) is 8.02. The molecule has 2 fully saturated rings. The third-order valence-corrected chi connectivity index (χ3v) is 5.67. The molecule has 1 saturated carbocycles. The molecule has 2 N–H and O–H groups in total. The number of benzene rings is 1. The van der Waals surface area contributed by atoms with Gasteiger partial charge in [0, 0.05) is 30.9 Å². The van der Waals surface area contributed by atoms with Crippen molar-refractivity contribution >= 4 is 11.7 Å². The average molecular weight is 345 g/mol. The summed E-state index contributed by atoms with van der Waals surface area (Å²) in [7, 11) is 0. The third-order valence-electron chi connectivity index (χ3n) is 5.67. The summed E-state index contributed by atoms with van der Waals surface area (Å²) < 4.78 is 5.42. The Balaban J connectivity index is 1.52. The number of anilines is 1. The molecule has 5 nitrogen and oxygen atoms in total. The van der Waals surface area contributed by atoms with Crippen LogP contribution in [0.5, 0.6) is 0 Å². The molecule has 0 radical (unpaired) electrons. The summed E-state index contributed by atoms with van der Waals surface area (Å²) in [5.41, 5.74) is 2.12. The fraction of sp³-hybridized carbons (Fsp3) is 0.650. The van der Waals surface area contributed by atoms with Gasteiger partial charge in [-0.15, -0.1) is 0 Å². The van der Waals surface area contributed by atoms with E-state index in [4.69, 9.17) is 4.74 Å². The van der Waals surface area contributed by atoms with Gasteiger partial charge in [-0.05, 0) is 43.4 Å². The average Bonchev–Trinajstić information content (AvgIpc) is 2.64. The Morgan fingerprint density at radius 2 is 1.84 bits per heavy atom. The molecule has 1 aliphatic carbocycles. The molecular formula is C20H31N3O2. The van der Waals surface area contributed by atoms with Gasteiger partial charge in [0.2, 0.25) is 0 Å². The molecule has 3 unspecified atom stereocenters. The fourth-order valence-corrected chi connectivity index (χ4v) is 3.89. The quantitative estimate of drug-likeness (QED) is 0.873. The second kappa shape index (κ2) is 8.68. The lowest BCUT2D eigenvalue weighted by Gasteiger charge is -2.32. The van der Waals surface area contributed by atoms with E-state index in [1.165, 1.54) is 24.8 Å². The summed E-state index contributed by atoms with van der Waals surface area (Å²) in [5, 5.41) is 6.11. The summed E-state index contributed by atoms with van der Waals surface area (Å²) >= 11 is 0. The number of hydrogen-bond acceptors (Lipinski definition) is 3. The van der Waals surface area contributed by atoms with Gasteiger partial charge < -0.3 is 15.4 Å². The van der Waals surface area contributed by atoms with Crippen LogP contribution in [0.3, 0.4) is 0 Å². The number of hydrogen-bond donors (Lipinski definition) is 2. The van der Waals surface area contributed by atoms with Gasteiger partial charge in [0.1, 0.15) is 0 Å². The number of amides is 2. The summed E-state index contributed by atoms with van der Waals surface area (Å²) in [5.74, 6) is 0.566. The summed E-state index contributed by atoms with van der Waals surface area (Å²) in [4.78, 5) is 14.7. The minimum atomic E-state index is -0.0901. The highest BCUT2D eigenvalue weighted by molar-refractivity contribution is 5.89. The smallest absolute Gasteiger partial charge is 0.319 e. The molecule has 1 aromatic carbocycles. The number of nitrogens with zero attached hydrogens (tertiary/aromatic N) is 1. The Bertz CT molecular complexity index is 555. The molecule has 5 heteroatoms. The van der Waals surface area contributed by atoms with Gasteiger partial charge >= 0.3 is 6.03 Å². The Morgan fingerprint density at radius 3 is 2.52 bits per heavy atom. The Kier molecular flexibility index (Phi) is 6.32. The van der Waals surface area contributed by atoms with Crippen molar-refractivity contribution in [2.45, 2.75) is 51.6 Å². The van der Waals surface area contributed by atoms with Crippen molar-refractivity contribution in [3.8, 4) is 0 Å². The Morgan fingerprint density at radius 1 is 1.16 bits per heavy atom. The number of carbonyl (C=O) groups is 1. The van der Waals surface area contributed by atoms with Crippen molar-refractivity contribution in [2.24, 2.45) is 5.92 Å². The van der Waals surface area contributed by atoms with Gasteiger partial charge in [0.05, 0.1) is 13.2 Å². The molecule has 1 heterocycles. The second-order valence-corrected chi connectivity index (χ2v) is 7.41. The van der Waals surface area contributed by atoms with Crippen LogP contribution >= 0.6 is 0 Å². The van der Waals surface area contributed by atoms with E-state index in [2.05, 4.69) is 41.5 Å². The molecule has 2 aliphatic rings. The maximum Gasteiger partial charge on any atom is 0.319 e. The maximum atomic E-state index is 12.2. The van der Waals surface area contributed by atoms with Crippen LogP contribution in [0, 0.1) is 5.92 Å². The third kappa shape index (κ3) is 4.95. The highest BCUT2D eigenvalue weighted by Gasteiger charge is 2.23.